The van der Waals surface area contributed by atoms with Crippen LogP contribution in [0.3, 0.4) is 0 Å². The largest absolute Gasteiger partial charge is 0.480 e. The number of hydrogen-bond donors (Lipinski definition) is 3. The van der Waals surface area contributed by atoms with Crippen molar-refractivity contribution in [3.8, 4) is 0 Å². The molecule has 0 bridgehead atoms. The van der Waals surface area contributed by atoms with E-state index in [4.69, 9.17) is 10.8 Å². The highest BCUT2D eigenvalue weighted by Gasteiger charge is 2.19. The first-order valence-corrected chi connectivity index (χ1v) is 10.1. The topological polar surface area (TPSA) is 109 Å². The SMILES string of the molecule is Cc1ccc(NS(=O)(=O)c2ccc(C(C)(C)C)cc2)cc1C[C@H](N)C(=O)O. The summed E-state index contributed by atoms with van der Waals surface area (Å²) in [6.45, 7) is 8.01. The highest BCUT2D eigenvalue weighted by Crippen LogP contribution is 2.25. The second kappa shape index (κ2) is 7.70. The number of carbonyl (C=O) groups is 1. The van der Waals surface area contributed by atoms with Crippen LogP contribution in [0.25, 0.3) is 0 Å². The van der Waals surface area contributed by atoms with E-state index in [0.717, 1.165) is 11.1 Å². The van der Waals surface area contributed by atoms with Gasteiger partial charge in [-0.05, 0) is 59.7 Å². The molecule has 0 spiro atoms. The van der Waals surface area contributed by atoms with Gasteiger partial charge in [0.05, 0.1) is 4.90 Å². The third-order valence-corrected chi connectivity index (χ3v) is 5.79. The maximum absolute atomic E-state index is 12.7. The molecule has 2 aromatic carbocycles. The second-order valence-electron chi connectivity index (χ2n) is 7.67. The summed E-state index contributed by atoms with van der Waals surface area (Å²) >= 11 is 0. The zero-order chi connectivity index (χ0) is 20.4. The lowest BCUT2D eigenvalue weighted by atomic mass is 9.87. The molecule has 0 aliphatic heterocycles. The summed E-state index contributed by atoms with van der Waals surface area (Å²) in [4.78, 5) is 11.1. The fourth-order valence-electron chi connectivity index (χ4n) is 2.63. The predicted octanol–water partition coefficient (Wildman–Crippen LogP) is 3.05. The monoisotopic (exact) mass is 390 g/mol. The van der Waals surface area contributed by atoms with Gasteiger partial charge in [-0.1, -0.05) is 39.0 Å². The highest BCUT2D eigenvalue weighted by atomic mass is 32.2. The van der Waals surface area contributed by atoms with Crippen LogP contribution in [0.5, 0.6) is 0 Å². The molecule has 0 fully saturated rings. The first kappa shape index (κ1) is 20.9. The number of anilines is 1. The third-order valence-electron chi connectivity index (χ3n) is 4.39. The maximum Gasteiger partial charge on any atom is 0.320 e. The summed E-state index contributed by atoms with van der Waals surface area (Å²) in [5.41, 5.74) is 8.48. The van der Waals surface area contributed by atoms with E-state index in [2.05, 4.69) is 25.5 Å². The number of carboxylic acid groups (broad SMARTS) is 1. The number of aliphatic carboxylic acids is 1. The molecule has 0 saturated heterocycles. The number of aryl methyl sites for hydroxylation is 1. The standard InChI is InChI=1S/C20H26N2O4S/c1-13-5-8-16(11-14(13)12-18(21)19(23)24)22-27(25,26)17-9-6-15(7-10-17)20(2,3)4/h5-11,18,22H,12,21H2,1-4H3,(H,23,24)/t18-/m0/s1. The van der Waals surface area contributed by atoms with Crippen molar-refractivity contribution in [3.63, 3.8) is 0 Å². The van der Waals surface area contributed by atoms with E-state index in [0.29, 0.717) is 11.3 Å². The zero-order valence-corrected chi connectivity index (χ0v) is 16.8. The van der Waals surface area contributed by atoms with Crippen molar-refractivity contribution in [2.75, 3.05) is 4.72 Å². The van der Waals surface area contributed by atoms with Crippen molar-refractivity contribution in [3.05, 3.63) is 59.2 Å². The minimum Gasteiger partial charge on any atom is -0.480 e. The Labute approximate surface area is 160 Å². The van der Waals surface area contributed by atoms with Gasteiger partial charge in [0.25, 0.3) is 10.0 Å². The second-order valence-corrected chi connectivity index (χ2v) is 9.35. The zero-order valence-electron chi connectivity index (χ0n) is 16.0. The molecule has 4 N–H and O–H groups in total. The molecule has 1 atom stereocenters. The molecule has 146 valence electrons. The molecular formula is C20H26N2O4S. The van der Waals surface area contributed by atoms with Crippen LogP contribution in [0.15, 0.2) is 47.4 Å². The Morgan fingerprint density at radius 3 is 2.26 bits per heavy atom. The number of carboxylic acids is 1. The summed E-state index contributed by atoms with van der Waals surface area (Å²) in [6.07, 6.45) is 0.122. The van der Waals surface area contributed by atoms with Gasteiger partial charge in [-0.3, -0.25) is 9.52 Å². The molecule has 0 unspecified atom stereocenters. The van der Waals surface area contributed by atoms with Gasteiger partial charge in [-0.2, -0.15) is 0 Å². The normalized spacial score (nSPS) is 13.2. The van der Waals surface area contributed by atoms with Crippen LogP contribution in [0.1, 0.15) is 37.5 Å². The average Bonchev–Trinajstić information content (AvgIpc) is 2.57. The van der Waals surface area contributed by atoms with E-state index < -0.39 is 22.0 Å². The van der Waals surface area contributed by atoms with E-state index >= 15 is 0 Å². The van der Waals surface area contributed by atoms with Crippen molar-refractivity contribution in [2.45, 2.75) is 50.5 Å². The lowest BCUT2D eigenvalue weighted by Gasteiger charge is -2.19. The van der Waals surface area contributed by atoms with E-state index in [-0.39, 0.29) is 16.7 Å². The van der Waals surface area contributed by atoms with Crippen LogP contribution >= 0.6 is 0 Å². The molecule has 0 aliphatic rings. The molecule has 2 aromatic rings. The number of sulfonamides is 1. The molecule has 6 nitrogen and oxygen atoms in total. The molecule has 27 heavy (non-hydrogen) atoms. The van der Waals surface area contributed by atoms with Crippen LogP contribution in [0.2, 0.25) is 0 Å². The first-order valence-electron chi connectivity index (χ1n) is 8.61. The van der Waals surface area contributed by atoms with Gasteiger partial charge in [-0.15, -0.1) is 0 Å². The quantitative estimate of drug-likeness (QED) is 0.702. The van der Waals surface area contributed by atoms with Crippen molar-refractivity contribution in [1.29, 1.82) is 0 Å². The van der Waals surface area contributed by atoms with E-state index in [1.54, 1.807) is 42.5 Å². The van der Waals surface area contributed by atoms with Crippen molar-refractivity contribution >= 4 is 21.7 Å². The molecule has 0 aliphatic carbocycles. The maximum atomic E-state index is 12.7. The van der Waals surface area contributed by atoms with Crippen molar-refractivity contribution < 1.29 is 18.3 Å². The molecule has 0 heterocycles. The number of rotatable bonds is 6. The molecule has 2 rings (SSSR count). The predicted molar refractivity (Wildman–Crippen MR) is 106 cm³/mol. The Morgan fingerprint density at radius 1 is 1.15 bits per heavy atom. The third kappa shape index (κ3) is 5.30. The Hall–Kier alpha value is -2.38. The van der Waals surface area contributed by atoms with Crippen LogP contribution in [-0.4, -0.2) is 25.5 Å². The van der Waals surface area contributed by atoms with Crippen LogP contribution in [0, 0.1) is 6.92 Å². The smallest absolute Gasteiger partial charge is 0.320 e. The summed E-state index contributed by atoms with van der Waals surface area (Å²) in [5, 5.41) is 8.98. The molecule has 7 heteroatoms. The fraction of sp³-hybridized carbons (Fsp3) is 0.350. The van der Waals surface area contributed by atoms with Crippen LogP contribution in [-0.2, 0) is 26.7 Å². The van der Waals surface area contributed by atoms with Crippen LogP contribution in [0.4, 0.5) is 5.69 Å². The summed E-state index contributed by atoms with van der Waals surface area (Å²) < 4.78 is 27.9. The Balaban J connectivity index is 2.26. The fourth-order valence-corrected chi connectivity index (χ4v) is 3.68. The molecule has 0 saturated carbocycles. The molecule has 0 radical (unpaired) electrons. The van der Waals surface area contributed by atoms with Crippen molar-refractivity contribution in [2.24, 2.45) is 5.73 Å². The summed E-state index contributed by atoms with van der Waals surface area (Å²) in [6, 6.07) is 10.7. The number of nitrogens with two attached hydrogens (primary N) is 1. The first-order chi connectivity index (χ1) is 12.4. The van der Waals surface area contributed by atoms with E-state index in [9.17, 15) is 13.2 Å². The molecular weight excluding hydrogens is 364 g/mol. The van der Waals surface area contributed by atoms with Gasteiger partial charge >= 0.3 is 5.97 Å². The Bertz CT molecular complexity index is 929. The molecule has 0 aromatic heterocycles. The van der Waals surface area contributed by atoms with Gasteiger partial charge in [0.15, 0.2) is 0 Å². The van der Waals surface area contributed by atoms with Gasteiger partial charge in [-0.25, -0.2) is 8.42 Å². The summed E-state index contributed by atoms with van der Waals surface area (Å²) in [5.74, 6) is -1.10. The van der Waals surface area contributed by atoms with Crippen molar-refractivity contribution in [1.82, 2.24) is 0 Å². The molecule has 0 amide bonds. The minimum absolute atomic E-state index is 0.0650. The van der Waals surface area contributed by atoms with Gasteiger partial charge in [0.2, 0.25) is 0 Å². The number of hydrogen-bond acceptors (Lipinski definition) is 4. The highest BCUT2D eigenvalue weighted by molar-refractivity contribution is 7.92. The van der Waals surface area contributed by atoms with Gasteiger partial charge < -0.3 is 10.8 Å². The Morgan fingerprint density at radius 2 is 1.74 bits per heavy atom. The van der Waals surface area contributed by atoms with E-state index in [1.807, 2.05) is 6.92 Å². The Kier molecular flexibility index (Phi) is 5.97. The van der Waals surface area contributed by atoms with Gasteiger partial charge in [0, 0.05) is 5.69 Å². The van der Waals surface area contributed by atoms with Crippen LogP contribution < -0.4 is 10.5 Å². The van der Waals surface area contributed by atoms with E-state index in [1.165, 1.54) is 0 Å². The summed E-state index contributed by atoms with van der Waals surface area (Å²) in [7, 11) is -3.75. The lowest BCUT2D eigenvalue weighted by Crippen LogP contribution is -2.32. The lowest BCUT2D eigenvalue weighted by molar-refractivity contribution is -0.138. The minimum atomic E-state index is -3.75. The van der Waals surface area contributed by atoms with Gasteiger partial charge in [0.1, 0.15) is 6.04 Å². The average molecular weight is 391 g/mol. The number of nitrogens with one attached hydrogen (secondary N) is 1. The number of benzene rings is 2.